The molecule has 5 N–H and O–H groups in total. The molecule has 0 radical (unpaired) electrons. The number of nitrogens with two attached hydrogens (primary N) is 1. The van der Waals surface area contributed by atoms with Crippen LogP contribution in [0, 0.1) is 5.92 Å². The molecule has 68 valence electrons. The molecule has 11 heavy (non-hydrogen) atoms. The molecule has 0 spiro atoms. The lowest BCUT2D eigenvalue weighted by atomic mass is 10.1. The van der Waals surface area contributed by atoms with Gasteiger partial charge in [-0.25, -0.2) is 0 Å². The highest BCUT2D eigenvalue weighted by atomic mass is 16.6. The van der Waals surface area contributed by atoms with E-state index in [-0.39, 0.29) is 5.92 Å². The van der Waals surface area contributed by atoms with Crippen molar-refractivity contribution in [2.24, 2.45) is 11.7 Å². The maximum atomic E-state index is 9.17. The Labute approximate surface area is 66.9 Å². The van der Waals surface area contributed by atoms with E-state index in [4.69, 9.17) is 10.5 Å². The summed E-state index contributed by atoms with van der Waals surface area (Å²) in [6.07, 6.45) is -0.791. The van der Waals surface area contributed by atoms with Crippen molar-refractivity contribution in [3.63, 3.8) is 0 Å². The van der Waals surface area contributed by atoms with Crippen LogP contribution in [0.5, 0.6) is 0 Å². The summed E-state index contributed by atoms with van der Waals surface area (Å²) < 4.78 is 4.71. The predicted molar refractivity (Wildman–Crippen MR) is 42.6 cm³/mol. The highest BCUT2D eigenvalue weighted by Crippen LogP contribution is 2.00. The first-order valence-electron chi connectivity index (χ1n) is 3.56. The maximum absolute atomic E-state index is 9.17. The number of hydrazine groups is 1. The molecule has 0 aliphatic carbocycles. The van der Waals surface area contributed by atoms with Crippen LogP contribution in [0.15, 0.2) is 0 Å². The van der Waals surface area contributed by atoms with Crippen molar-refractivity contribution in [2.75, 3.05) is 27.2 Å². The Kier molecular flexibility index (Phi) is 6.39. The van der Waals surface area contributed by atoms with Crippen molar-refractivity contribution in [3.8, 4) is 0 Å². The second-order valence-electron chi connectivity index (χ2n) is 2.25. The molecule has 0 saturated carbocycles. The second kappa shape index (κ2) is 6.51. The van der Waals surface area contributed by atoms with E-state index < -0.39 is 6.29 Å². The van der Waals surface area contributed by atoms with Gasteiger partial charge in [0.2, 0.25) is 0 Å². The summed E-state index contributed by atoms with van der Waals surface area (Å²) in [5.74, 6) is -0.0764. The Hall–Kier alpha value is -0.200. The van der Waals surface area contributed by atoms with E-state index in [1.54, 1.807) is 7.05 Å². The second-order valence-corrected chi connectivity index (χ2v) is 2.25. The van der Waals surface area contributed by atoms with E-state index in [1.807, 2.05) is 0 Å². The van der Waals surface area contributed by atoms with Gasteiger partial charge in [0.1, 0.15) is 0 Å². The molecule has 0 bridgehead atoms. The molecule has 0 amide bonds. The van der Waals surface area contributed by atoms with Gasteiger partial charge in [-0.3, -0.25) is 10.9 Å². The van der Waals surface area contributed by atoms with Crippen molar-refractivity contribution < 1.29 is 9.84 Å². The summed E-state index contributed by atoms with van der Waals surface area (Å²) in [4.78, 5) is 0. The van der Waals surface area contributed by atoms with Crippen LogP contribution in [-0.2, 0) is 4.74 Å². The zero-order chi connectivity index (χ0) is 8.69. The fraction of sp³-hybridized carbons (Fsp3) is 1.00. The van der Waals surface area contributed by atoms with Crippen LogP contribution >= 0.6 is 0 Å². The Morgan fingerprint density at radius 1 is 1.64 bits per heavy atom. The minimum absolute atomic E-state index is 0.0764. The summed E-state index contributed by atoms with van der Waals surface area (Å²) in [6, 6.07) is 0. The first kappa shape index (κ1) is 10.8. The number of rotatable bonds is 6. The van der Waals surface area contributed by atoms with Gasteiger partial charge in [0.25, 0.3) is 0 Å². The van der Waals surface area contributed by atoms with Gasteiger partial charge in [0.05, 0.1) is 0 Å². The predicted octanol–water partition coefficient (Wildman–Crippen LogP) is -1.75. The molecule has 0 rings (SSSR count). The lowest BCUT2D eigenvalue weighted by molar-refractivity contribution is -0.109. The topological polar surface area (TPSA) is 79.5 Å². The molecular formula is C6H17N3O2. The molecule has 5 heteroatoms. The molecule has 2 unspecified atom stereocenters. The first-order valence-corrected chi connectivity index (χ1v) is 3.56. The summed E-state index contributed by atoms with van der Waals surface area (Å²) in [5.41, 5.74) is 11.0. The molecule has 5 nitrogen and oxygen atoms in total. The van der Waals surface area contributed by atoms with Gasteiger partial charge >= 0.3 is 0 Å². The van der Waals surface area contributed by atoms with E-state index in [0.717, 1.165) is 0 Å². The van der Waals surface area contributed by atoms with Gasteiger partial charge in [-0.2, -0.15) is 0 Å². The number of aliphatic hydroxyl groups is 1. The Morgan fingerprint density at radius 2 is 2.27 bits per heavy atom. The molecular weight excluding hydrogens is 146 g/mol. The van der Waals surface area contributed by atoms with E-state index in [9.17, 15) is 5.11 Å². The van der Waals surface area contributed by atoms with Crippen molar-refractivity contribution in [2.45, 2.75) is 6.29 Å². The zero-order valence-corrected chi connectivity index (χ0v) is 7.00. The highest BCUT2D eigenvalue weighted by Gasteiger charge is 2.15. The Morgan fingerprint density at radius 3 is 2.64 bits per heavy atom. The van der Waals surface area contributed by atoms with Crippen molar-refractivity contribution in [3.05, 3.63) is 0 Å². The SMILES string of the molecule is CNNCC(CN)C(O)OC. The number of hydrogen-bond donors (Lipinski definition) is 4. The van der Waals surface area contributed by atoms with Gasteiger partial charge < -0.3 is 15.6 Å². The molecule has 0 fully saturated rings. The van der Waals surface area contributed by atoms with Crippen LogP contribution in [0.1, 0.15) is 0 Å². The third-order valence-electron chi connectivity index (χ3n) is 1.49. The number of hydrogen-bond acceptors (Lipinski definition) is 5. The van der Waals surface area contributed by atoms with Gasteiger partial charge in [0, 0.05) is 26.1 Å². The third kappa shape index (κ3) is 4.28. The van der Waals surface area contributed by atoms with Crippen LogP contribution in [0.25, 0.3) is 0 Å². The third-order valence-corrected chi connectivity index (χ3v) is 1.49. The summed E-state index contributed by atoms with van der Waals surface area (Å²) >= 11 is 0. The average Bonchev–Trinajstić information content (AvgIpc) is 2.05. The number of methoxy groups -OCH3 is 1. The number of ether oxygens (including phenoxy) is 1. The Bertz CT molecular complexity index is 91.9. The largest absolute Gasteiger partial charge is 0.368 e. The van der Waals surface area contributed by atoms with Crippen LogP contribution in [0.4, 0.5) is 0 Å². The van der Waals surface area contributed by atoms with E-state index in [2.05, 4.69) is 10.9 Å². The van der Waals surface area contributed by atoms with Crippen LogP contribution < -0.4 is 16.6 Å². The monoisotopic (exact) mass is 163 g/mol. The summed E-state index contributed by atoms with van der Waals surface area (Å²) in [7, 11) is 3.21. The molecule has 0 saturated heterocycles. The smallest absolute Gasteiger partial charge is 0.159 e. The fourth-order valence-electron chi connectivity index (χ4n) is 0.726. The summed E-state index contributed by atoms with van der Waals surface area (Å²) in [6.45, 7) is 0.978. The molecule has 0 aliphatic heterocycles. The van der Waals surface area contributed by atoms with Crippen LogP contribution in [0.2, 0.25) is 0 Å². The summed E-state index contributed by atoms with van der Waals surface area (Å²) in [5, 5.41) is 9.17. The molecule has 0 aromatic carbocycles. The molecule has 0 aromatic heterocycles. The first-order chi connectivity index (χ1) is 5.26. The quantitative estimate of drug-likeness (QED) is 0.276. The van der Waals surface area contributed by atoms with E-state index >= 15 is 0 Å². The molecule has 0 heterocycles. The zero-order valence-electron chi connectivity index (χ0n) is 7.00. The normalized spacial score (nSPS) is 16.4. The Balaban J connectivity index is 3.56. The van der Waals surface area contributed by atoms with Gasteiger partial charge in [-0.05, 0) is 7.05 Å². The maximum Gasteiger partial charge on any atom is 0.159 e. The standard InChI is InChI=1S/C6H17N3O2/c1-8-9-4-5(3-7)6(10)11-2/h5-6,8-10H,3-4,7H2,1-2H3. The van der Waals surface area contributed by atoms with Crippen molar-refractivity contribution in [1.29, 1.82) is 0 Å². The number of aliphatic hydroxyl groups excluding tert-OH is 1. The fourth-order valence-corrected chi connectivity index (χ4v) is 0.726. The highest BCUT2D eigenvalue weighted by molar-refractivity contribution is 4.63. The number of nitrogens with one attached hydrogen (secondary N) is 2. The van der Waals surface area contributed by atoms with Gasteiger partial charge in [0.15, 0.2) is 6.29 Å². The average molecular weight is 163 g/mol. The van der Waals surface area contributed by atoms with Crippen molar-refractivity contribution >= 4 is 0 Å². The molecule has 0 aromatic rings. The lowest BCUT2D eigenvalue weighted by Crippen LogP contribution is -2.41. The lowest BCUT2D eigenvalue weighted by Gasteiger charge is -2.19. The van der Waals surface area contributed by atoms with E-state index in [0.29, 0.717) is 13.1 Å². The van der Waals surface area contributed by atoms with Gasteiger partial charge in [-0.1, -0.05) is 0 Å². The molecule has 2 atom stereocenters. The minimum Gasteiger partial charge on any atom is -0.368 e. The van der Waals surface area contributed by atoms with Gasteiger partial charge in [-0.15, -0.1) is 0 Å². The van der Waals surface area contributed by atoms with Crippen LogP contribution in [0.3, 0.4) is 0 Å². The van der Waals surface area contributed by atoms with E-state index in [1.165, 1.54) is 7.11 Å². The van der Waals surface area contributed by atoms with Crippen LogP contribution in [-0.4, -0.2) is 38.6 Å². The molecule has 0 aliphatic rings. The minimum atomic E-state index is -0.791. The van der Waals surface area contributed by atoms with Crippen molar-refractivity contribution in [1.82, 2.24) is 10.9 Å².